The van der Waals surface area contributed by atoms with Gasteiger partial charge in [0.1, 0.15) is 29.5 Å². The summed E-state index contributed by atoms with van der Waals surface area (Å²) in [5.74, 6) is -3.55. The Morgan fingerprint density at radius 3 is 2.67 bits per heavy atom. The number of sulfone groups is 1. The molecule has 1 saturated heterocycles. The van der Waals surface area contributed by atoms with Gasteiger partial charge >= 0.3 is 11.9 Å². The summed E-state index contributed by atoms with van der Waals surface area (Å²) >= 11 is 1.17. The highest BCUT2D eigenvalue weighted by molar-refractivity contribution is 8.00. The van der Waals surface area contributed by atoms with Crippen molar-refractivity contribution in [2.24, 2.45) is 0 Å². The molecule has 30 heavy (non-hydrogen) atoms. The molecule has 162 valence electrons. The molecule has 0 spiro atoms. The van der Waals surface area contributed by atoms with Gasteiger partial charge in [-0.15, -0.1) is 11.8 Å². The van der Waals surface area contributed by atoms with Gasteiger partial charge in [0.15, 0.2) is 15.1 Å². The molecule has 0 radical (unpaired) electrons. The molecule has 0 saturated carbocycles. The summed E-state index contributed by atoms with van der Waals surface area (Å²) in [7, 11) is -3.90. The first-order valence-electron chi connectivity index (χ1n) is 8.58. The van der Waals surface area contributed by atoms with Gasteiger partial charge in [-0.1, -0.05) is 0 Å². The molecule has 13 heteroatoms. The SMILES string of the molecule is CC(=O)OCC1=C(C(=O)O)N2C(=O)C(NC(=O)C(c3ccco3)S(C)(=O)=O)[C@@H]2SC1. The van der Waals surface area contributed by atoms with Crippen molar-refractivity contribution in [3.05, 3.63) is 35.4 Å². The molecule has 3 atom stereocenters. The van der Waals surface area contributed by atoms with E-state index in [1.165, 1.54) is 37.1 Å². The number of amides is 2. The van der Waals surface area contributed by atoms with E-state index in [0.29, 0.717) is 0 Å². The second-order valence-electron chi connectivity index (χ2n) is 6.66. The number of nitrogens with one attached hydrogen (secondary N) is 1. The van der Waals surface area contributed by atoms with Crippen LogP contribution in [0.3, 0.4) is 0 Å². The van der Waals surface area contributed by atoms with Crippen LogP contribution in [0.5, 0.6) is 0 Å². The Morgan fingerprint density at radius 1 is 1.43 bits per heavy atom. The van der Waals surface area contributed by atoms with Gasteiger partial charge in [-0.2, -0.15) is 0 Å². The summed E-state index contributed by atoms with van der Waals surface area (Å²) in [4.78, 5) is 49.0. The summed E-state index contributed by atoms with van der Waals surface area (Å²) in [6.45, 7) is 0.906. The normalized spacial score (nSPS) is 22.1. The molecule has 2 aliphatic rings. The summed E-state index contributed by atoms with van der Waals surface area (Å²) < 4.78 is 34.1. The van der Waals surface area contributed by atoms with Crippen molar-refractivity contribution in [3.63, 3.8) is 0 Å². The minimum Gasteiger partial charge on any atom is -0.477 e. The number of furan rings is 1. The van der Waals surface area contributed by atoms with Crippen LogP contribution < -0.4 is 5.32 Å². The van der Waals surface area contributed by atoms with Gasteiger partial charge in [-0.05, 0) is 12.1 Å². The Kier molecular flexibility index (Phi) is 5.94. The number of carboxylic acids is 1. The average Bonchev–Trinajstić information content (AvgIpc) is 3.16. The monoisotopic (exact) mass is 458 g/mol. The van der Waals surface area contributed by atoms with Gasteiger partial charge in [0, 0.05) is 24.5 Å². The highest BCUT2D eigenvalue weighted by Gasteiger charge is 2.55. The minimum atomic E-state index is -3.90. The predicted molar refractivity (Wildman–Crippen MR) is 103 cm³/mol. The van der Waals surface area contributed by atoms with Crippen molar-refractivity contribution in [2.45, 2.75) is 23.6 Å². The number of thioether (sulfide) groups is 1. The molecular weight excluding hydrogens is 440 g/mol. The lowest BCUT2D eigenvalue weighted by Crippen LogP contribution is -2.71. The number of carboxylic acid groups (broad SMARTS) is 1. The fourth-order valence-electron chi connectivity index (χ4n) is 3.19. The van der Waals surface area contributed by atoms with E-state index in [2.05, 4.69) is 5.32 Å². The molecule has 0 aromatic carbocycles. The third-order valence-electron chi connectivity index (χ3n) is 4.47. The van der Waals surface area contributed by atoms with E-state index < -0.39 is 50.3 Å². The topological polar surface area (TPSA) is 160 Å². The zero-order chi connectivity index (χ0) is 22.2. The third kappa shape index (κ3) is 4.07. The van der Waals surface area contributed by atoms with E-state index in [1.54, 1.807) is 0 Å². The number of hydrogen-bond donors (Lipinski definition) is 2. The van der Waals surface area contributed by atoms with Crippen LogP contribution >= 0.6 is 11.8 Å². The standard InChI is InChI=1S/C17H18N2O9S2/c1-8(20)28-6-9-7-29-16-11(15(22)19(16)12(9)17(23)24)18-14(21)13(30(2,25)26)10-4-3-5-27-10/h3-5,11,13,16H,6-7H2,1-2H3,(H,18,21)(H,23,24)/t11?,13?,16-/m0/s1. The molecule has 3 rings (SSSR count). The van der Waals surface area contributed by atoms with Crippen LogP contribution in [0.2, 0.25) is 0 Å². The Balaban J connectivity index is 1.80. The van der Waals surface area contributed by atoms with Crippen LogP contribution in [-0.2, 0) is 33.8 Å². The number of ether oxygens (including phenoxy) is 1. The van der Waals surface area contributed by atoms with E-state index in [4.69, 9.17) is 9.15 Å². The number of hydrogen-bond acceptors (Lipinski definition) is 9. The van der Waals surface area contributed by atoms with Crippen molar-refractivity contribution >= 4 is 45.4 Å². The number of rotatable bonds is 7. The predicted octanol–water partition coefficient (Wildman–Crippen LogP) is -0.333. The van der Waals surface area contributed by atoms with Gasteiger partial charge in [0.25, 0.3) is 5.91 Å². The molecule has 11 nitrogen and oxygen atoms in total. The van der Waals surface area contributed by atoms with Crippen molar-refractivity contribution in [2.75, 3.05) is 18.6 Å². The molecule has 1 fully saturated rings. The summed E-state index contributed by atoms with van der Waals surface area (Å²) in [5.41, 5.74) is -0.0529. The lowest BCUT2D eigenvalue weighted by Gasteiger charge is -2.49. The zero-order valence-corrected chi connectivity index (χ0v) is 17.5. The third-order valence-corrected chi connectivity index (χ3v) is 7.11. The quantitative estimate of drug-likeness (QED) is 0.409. The summed E-state index contributed by atoms with van der Waals surface area (Å²) in [5, 5.41) is 9.54. The highest BCUT2D eigenvalue weighted by Crippen LogP contribution is 2.40. The number of carbonyl (C=O) groups is 4. The number of fused-ring (bicyclic) bond motifs is 1. The van der Waals surface area contributed by atoms with Crippen LogP contribution in [0, 0.1) is 0 Å². The van der Waals surface area contributed by atoms with Crippen molar-refractivity contribution in [3.8, 4) is 0 Å². The molecule has 2 unspecified atom stereocenters. The fourth-order valence-corrected chi connectivity index (χ4v) is 5.53. The van der Waals surface area contributed by atoms with Crippen molar-refractivity contribution in [1.29, 1.82) is 0 Å². The van der Waals surface area contributed by atoms with Crippen molar-refractivity contribution < 1.29 is 41.9 Å². The van der Waals surface area contributed by atoms with Crippen LogP contribution in [-0.4, -0.2) is 72.2 Å². The maximum Gasteiger partial charge on any atom is 0.352 e. The second-order valence-corrected chi connectivity index (χ2v) is 9.89. The first kappa shape index (κ1) is 21.9. The van der Waals surface area contributed by atoms with Crippen LogP contribution in [0.1, 0.15) is 17.9 Å². The Morgan fingerprint density at radius 2 is 2.13 bits per heavy atom. The maximum absolute atomic E-state index is 12.7. The maximum atomic E-state index is 12.7. The number of nitrogens with zero attached hydrogens (tertiary/aromatic N) is 1. The van der Waals surface area contributed by atoms with Gasteiger partial charge in [-0.3, -0.25) is 19.3 Å². The van der Waals surface area contributed by atoms with Crippen LogP contribution in [0.25, 0.3) is 0 Å². The fraction of sp³-hybridized carbons (Fsp3) is 0.412. The molecule has 1 aromatic rings. The Labute approximate surface area is 175 Å². The van der Waals surface area contributed by atoms with Crippen molar-refractivity contribution in [1.82, 2.24) is 10.2 Å². The minimum absolute atomic E-state index is 0.0929. The summed E-state index contributed by atoms with van der Waals surface area (Å²) in [6, 6.07) is 1.66. The average molecular weight is 458 g/mol. The van der Waals surface area contributed by atoms with E-state index in [-0.39, 0.29) is 29.4 Å². The van der Waals surface area contributed by atoms with E-state index in [9.17, 15) is 32.7 Å². The molecule has 2 N–H and O–H groups in total. The first-order valence-corrected chi connectivity index (χ1v) is 11.6. The molecule has 3 heterocycles. The van der Waals surface area contributed by atoms with Gasteiger partial charge < -0.3 is 19.6 Å². The summed E-state index contributed by atoms with van der Waals surface area (Å²) in [6.07, 6.45) is 2.10. The molecular formula is C17H18N2O9S2. The largest absolute Gasteiger partial charge is 0.477 e. The lowest BCUT2D eigenvalue weighted by atomic mass is 10.0. The number of β-lactam (4-membered cyclic amide) rings is 1. The molecule has 2 aliphatic heterocycles. The Hall–Kier alpha value is -2.80. The van der Waals surface area contributed by atoms with Gasteiger partial charge in [0.05, 0.1) is 6.26 Å². The van der Waals surface area contributed by atoms with E-state index >= 15 is 0 Å². The molecule has 1 aromatic heterocycles. The van der Waals surface area contributed by atoms with E-state index in [0.717, 1.165) is 11.2 Å². The molecule has 0 aliphatic carbocycles. The van der Waals surface area contributed by atoms with E-state index in [1.807, 2.05) is 0 Å². The molecule has 0 bridgehead atoms. The van der Waals surface area contributed by atoms with Crippen LogP contribution in [0.15, 0.2) is 34.1 Å². The second kappa shape index (κ2) is 8.14. The number of aliphatic carboxylic acids is 1. The van der Waals surface area contributed by atoms with Crippen LogP contribution in [0.4, 0.5) is 0 Å². The van der Waals surface area contributed by atoms with Gasteiger partial charge in [0.2, 0.25) is 5.91 Å². The molecule has 2 amide bonds. The highest BCUT2D eigenvalue weighted by atomic mass is 32.2. The zero-order valence-electron chi connectivity index (χ0n) is 15.9. The first-order chi connectivity index (χ1) is 14.0. The van der Waals surface area contributed by atoms with Gasteiger partial charge in [-0.25, -0.2) is 13.2 Å². The smallest absolute Gasteiger partial charge is 0.352 e. The lowest BCUT2D eigenvalue weighted by molar-refractivity contribution is -0.151. The number of carbonyl (C=O) groups excluding carboxylic acids is 3. The number of esters is 1. The Bertz CT molecular complexity index is 1030.